The number of allylic oxidation sites excluding steroid dienone is 4. The minimum Gasteiger partial charge on any atom is -0.361 e. The second kappa shape index (κ2) is 5.09. The second-order valence-electron chi connectivity index (χ2n) is 7.29. The number of nitrogens with zero attached hydrogens (tertiary/aromatic N) is 1. The number of ketones is 1. The Bertz CT molecular complexity index is 544. The summed E-state index contributed by atoms with van der Waals surface area (Å²) in [4.78, 5) is 12.6. The Balaban J connectivity index is 2.48. The van der Waals surface area contributed by atoms with E-state index in [9.17, 15) is 10.1 Å². The molecule has 0 bridgehead atoms. The molecule has 0 unspecified atom stereocenters. The number of carbonyl (C=O) groups is 1. The van der Waals surface area contributed by atoms with Crippen LogP contribution in [0.4, 0.5) is 0 Å². The van der Waals surface area contributed by atoms with Crippen molar-refractivity contribution in [2.45, 2.75) is 53.9 Å². The topological polar surface area (TPSA) is 52.9 Å². The van der Waals surface area contributed by atoms with Crippen molar-refractivity contribution >= 4 is 5.78 Å². The summed E-state index contributed by atoms with van der Waals surface area (Å²) in [6.07, 6.45) is 2.34. The Morgan fingerprint density at radius 2 is 2.05 bits per heavy atom. The number of rotatable bonds is 2. The molecule has 0 fully saturated rings. The van der Waals surface area contributed by atoms with Crippen LogP contribution >= 0.6 is 0 Å². The van der Waals surface area contributed by atoms with Gasteiger partial charge in [-0.15, -0.1) is 0 Å². The normalized spacial score (nSPS) is 25.4. The van der Waals surface area contributed by atoms with E-state index in [2.05, 4.69) is 39.1 Å². The van der Waals surface area contributed by atoms with Crippen molar-refractivity contribution in [2.75, 3.05) is 0 Å². The highest BCUT2D eigenvalue weighted by molar-refractivity contribution is 5.99. The highest BCUT2D eigenvalue weighted by Crippen LogP contribution is 2.44. The molecule has 3 nitrogen and oxygen atoms in total. The van der Waals surface area contributed by atoms with Crippen LogP contribution in [0.25, 0.3) is 0 Å². The first-order valence-corrected chi connectivity index (χ1v) is 7.39. The molecular weight excluding hydrogens is 248 g/mol. The van der Waals surface area contributed by atoms with Gasteiger partial charge in [0.2, 0.25) is 0 Å². The molecule has 1 aliphatic carbocycles. The van der Waals surface area contributed by atoms with Crippen molar-refractivity contribution in [1.29, 1.82) is 5.26 Å². The van der Waals surface area contributed by atoms with Crippen LogP contribution in [0, 0.1) is 28.6 Å². The average Bonchev–Trinajstić information content (AvgIpc) is 2.25. The molecule has 2 aliphatic rings. The fraction of sp³-hybridized carbons (Fsp3) is 0.647. The van der Waals surface area contributed by atoms with Crippen molar-refractivity contribution in [1.82, 2.24) is 5.32 Å². The predicted octanol–water partition coefficient (Wildman–Crippen LogP) is 3.69. The lowest BCUT2D eigenvalue weighted by atomic mass is 9.69. The second-order valence-corrected chi connectivity index (χ2v) is 7.29. The molecule has 0 aromatic rings. The van der Waals surface area contributed by atoms with Gasteiger partial charge in [-0.25, -0.2) is 0 Å². The van der Waals surface area contributed by atoms with E-state index in [1.165, 1.54) is 0 Å². The zero-order valence-electron chi connectivity index (χ0n) is 13.1. The first kappa shape index (κ1) is 14.8. The first-order valence-electron chi connectivity index (χ1n) is 7.39. The van der Waals surface area contributed by atoms with E-state index in [4.69, 9.17) is 0 Å². The highest BCUT2D eigenvalue weighted by atomic mass is 16.1. The van der Waals surface area contributed by atoms with Gasteiger partial charge < -0.3 is 5.32 Å². The van der Waals surface area contributed by atoms with Crippen LogP contribution in [-0.4, -0.2) is 5.78 Å². The van der Waals surface area contributed by atoms with Gasteiger partial charge >= 0.3 is 0 Å². The van der Waals surface area contributed by atoms with Gasteiger partial charge in [0.15, 0.2) is 5.78 Å². The van der Waals surface area contributed by atoms with Gasteiger partial charge in [0, 0.05) is 29.3 Å². The Morgan fingerprint density at radius 3 is 2.60 bits per heavy atom. The molecular formula is C17H24N2O. The van der Waals surface area contributed by atoms with E-state index >= 15 is 0 Å². The number of nitrogens with one attached hydrogen (secondary N) is 1. The van der Waals surface area contributed by atoms with Crippen LogP contribution in [0.2, 0.25) is 0 Å². The lowest BCUT2D eigenvalue weighted by molar-refractivity contribution is -0.118. The van der Waals surface area contributed by atoms with E-state index < -0.39 is 0 Å². The predicted molar refractivity (Wildman–Crippen MR) is 79.4 cm³/mol. The fourth-order valence-electron chi connectivity index (χ4n) is 3.42. The van der Waals surface area contributed by atoms with Crippen LogP contribution in [0.15, 0.2) is 22.5 Å². The highest BCUT2D eigenvalue weighted by Gasteiger charge is 2.40. The van der Waals surface area contributed by atoms with E-state index in [0.29, 0.717) is 12.3 Å². The molecule has 0 saturated carbocycles. The summed E-state index contributed by atoms with van der Waals surface area (Å²) in [5.74, 6) is 0.667. The van der Waals surface area contributed by atoms with Gasteiger partial charge in [0.1, 0.15) is 0 Å². The molecule has 1 heterocycles. The monoisotopic (exact) mass is 272 g/mol. The maximum Gasteiger partial charge on any atom is 0.161 e. The molecule has 0 amide bonds. The van der Waals surface area contributed by atoms with Crippen molar-refractivity contribution in [2.24, 2.45) is 17.3 Å². The summed E-state index contributed by atoms with van der Waals surface area (Å²) in [6.45, 7) is 10.5. The quantitative estimate of drug-likeness (QED) is 0.834. The molecule has 0 radical (unpaired) electrons. The Kier molecular flexibility index (Phi) is 3.77. The lowest BCUT2D eigenvalue weighted by Gasteiger charge is -2.39. The van der Waals surface area contributed by atoms with Crippen molar-refractivity contribution in [3.8, 4) is 6.07 Å². The van der Waals surface area contributed by atoms with Crippen LogP contribution in [0.3, 0.4) is 0 Å². The molecule has 1 N–H and O–H groups in total. The number of Topliss-reactive ketones (excluding diaryl/α,β-unsaturated/α-hetero) is 1. The number of hydrogen-bond acceptors (Lipinski definition) is 3. The van der Waals surface area contributed by atoms with E-state index in [1.807, 2.05) is 6.92 Å². The third-order valence-electron chi connectivity index (χ3n) is 4.19. The summed E-state index contributed by atoms with van der Waals surface area (Å²) >= 11 is 0. The molecule has 3 heteroatoms. The lowest BCUT2D eigenvalue weighted by Crippen LogP contribution is -2.37. The van der Waals surface area contributed by atoms with Crippen LogP contribution < -0.4 is 5.32 Å². The fourth-order valence-corrected chi connectivity index (χ4v) is 3.42. The summed E-state index contributed by atoms with van der Waals surface area (Å²) in [5.41, 5.74) is 3.59. The molecule has 2 rings (SSSR count). The molecule has 1 atom stereocenters. The molecule has 108 valence electrons. The summed E-state index contributed by atoms with van der Waals surface area (Å²) < 4.78 is 0. The molecule has 20 heavy (non-hydrogen) atoms. The van der Waals surface area contributed by atoms with Crippen LogP contribution in [0.1, 0.15) is 53.9 Å². The molecule has 0 spiro atoms. The van der Waals surface area contributed by atoms with Gasteiger partial charge in [-0.1, -0.05) is 27.7 Å². The van der Waals surface area contributed by atoms with Gasteiger partial charge in [0.25, 0.3) is 0 Å². The maximum atomic E-state index is 12.6. The van der Waals surface area contributed by atoms with Crippen LogP contribution in [-0.2, 0) is 4.79 Å². The average molecular weight is 272 g/mol. The standard InChI is InChI=1S/C17H24N2O/c1-10(2)6-12-13(9-18)11(3)19-14-7-17(4,5)8-15(20)16(12)14/h10,12,19H,6-8H2,1-5H3/t12-/m0/s1. The van der Waals surface area contributed by atoms with Gasteiger partial charge in [-0.2, -0.15) is 5.26 Å². The first-order chi connectivity index (χ1) is 9.25. The minimum atomic E-state index is -0.0140. The van der Waals surface area contributed by atoms with E-state index in [1.54, 1.807) is 0 Å². The minimum absolute atomic E-state index is 0.00965. The number of carbonyl (C=O) groups excluding carboxylic acids is 1. The molecule has 1 aliphatic heterocycles. The number of hydrogen-bond donors (Lipinski definition) is 1. The molecule has 0 saturated heterocycles. The summed E-state index contributed by atoms with van der Waals surface area (Å²) in [6, 6.07) is 2.31. The maximum absolute atomic E-state index is 12.6. The van der Waals surface area contributed by atoms with Crippen LogP contribution in [0.5, 0.6) is 0 Å². The third kappa shape index (κ3) is 2.65. The van der Waals surface area contributed by atoms with E-state index in [0.717, 1.165) is 35.4 Å². The van der Waals surface area contributed by atoms with Gasteiger partial charge in [0.05, 0.1) is 11.6 Å². The van der Waals surface area contributed by atoms with Crippen molar-refractivity contribution in [3.05, 3.63) is 22.5 Å². The summed E-state index contributed by atoms with van der Waals surface area (Å²) in [7, 11) is 0. The van der Waals surface area contributed by atoms with Gasteiger partial charge in [-0.05, 0) is 31.1 Å². The number of nitriles is 1. The zero-order chi connectivity index (χ0) is 15.1. The Labute approximate surface area is 121 Å². The smallest absolute Gasteiger partial charge is 0.161 e. The molecule has 0 aromatic heterocycles. The Morgan fingerprint density at radius 1 is 1.40 bits per heavy atom. The third-order valence-corrected chi connectivity index (χ3v) is 4.19. The van der Waals surface area contributed by atoms with Gasteiger partial charge in [-0.3, -0.25) is 4.79 Å². The summed E-state index contributed by atoms with van der Waals surface area (Å²) in [5, 5.41) is 12.8. The van der Waals surface area contributed by atoms with Crippen molar-refractivity contribution in [3.63, 3.8) is 0 Å². The Hall–Kier alpha value is -1.56. The van der Waals surface area contributed by atoms with E-state index in [-0.39, 0.29) is 17.1 Å². The number of dihydropyridines is 1. The molecule has 0 aromatic carbocycles. The SMILES string of the molecule is CC1=C(C#N)[C@H](CC(C)C)C2=C(CC(C)(C)CC2=O)N1. The largest absolute Gasteiger partial charge is 0.361 e. The zero-order valence-corrected chi connectivity index (χ0v) is 13.1. The van der Waals surface area contributed by atoms with Crippen molar-refractivity contribution < 1.29 is 4.79 Å².